The molecule has 0 saturated heterocycles. The second kappa shape index (κ2) is 6.41. The molecule has 116 valence electrons. The fourth-order valence-electron chi connectivity index (χ4n) is 2.06. The van der Waals surface area contributed by atoms with E-state index in [2.05, 4.69) is 16.0 Å². The quantitative estimate of drug-likeness (QED) is 0.699. The van der Waals surface area contributed by atoms with Gasteiger partial charge in [-0.25, -0.2) is 0 Å². The number of nitrogens with zero attached hydrogens (tertiary/aromatic N) is 2. The summed E-state index contributed by atoms with van der Waals surface area (Å²) < 4.78 is 1.41. The summed E-state index contributed by atoms with van der Waals surface area (Å²) in [6.07, 6.45) is 1.17. The Labute approximate surface area is 134 Å². The largest absolute Gasteiger partial charge is 0.287 e. The molecule has 2 amide bonds. The van der Waals surface area contributed by atoms with E-state index in [9.17, 15) is 14.4 Å². The smallest absolute Gasteiger partial charge is 0.279 e. The molecular weight excluding hydrogens is 316 g/mol. The van der Waals surface area contributed by atoms with Crippen molar-refractivity contribution in [2.45, 2.75) is 6.54 Å². The normalized spacial score (nSPS) is 10.4. The van der Waals surface area contributed by atoms with Crippen molar-refractivity contribution in [3.63, 3.8) is 0 Å². The summed E-state index contributed by atoms with van der Waals surface area (Å²) >= 11 is 1.27. The van der Waals surface area contributed by atoms with Gasteiger partial charge in [0.25, 0.3) is 11.8 Å². The van der Waals surface area contributed by atoms with Crippen LogP contribution in [0.3, 0.4) is 0 Å². The number of carbonyl (C=O) groups is 2. The molecule has 3 aromatic rings. The number of fused-ring (bicyclic) bond motifs is 1. The van der Waals surface area contributed by atoms with Crippen molar-refractivity contribution in [1.29, 1.82) is 0 Å². The average Bonchev–Trinajstić information content (AvgIpc) is 3.10. The minimum absolute atomic E-state index is 0.120. The van der Waals surface area contributed by atoms with Gasteiger partial charge < -0.3 is 0 Å². The molecule has 0 aliphatic carbocycles. The first-order valence-corrected chi connectivity index (χ1v) is 7.60. The lowest BCUT2D eigenvalue weighted by Gasteiger charge is -2.10. The van der Waals surface area contributed by atoms with Crippen LogP contribution >= 0.6 is 11.3 Å². The van der Waals surface area contributed by atoms with Gasteiger partial charge in [0.2, 0.25) is 5.43 Å². The van der Waals surface area contributed by atoms with Gasteiger partial charge in [-0.1, -0.05) is 18.2 Å². The molecule has 0 atom stereocenters. The number of hydrogen-bond acceptors (Lipinski definition) is 5. The molecular formula is C15H12N4O3S. The fourth-order valence-corrected chi connectivity index (χ4v) is 2.68. The van der Waals surface area contributed by atoms with Crippen molar-refractivity contribution in [3.8, 4) is 0 Å². The van der Waals surface area contributed by atoms with Gasteiger partial charge in [-0.2, -0.15) is 5.10 Å². The molecule has 2 aromatic heterocycles. The molecule has 7 nitrogen and oxygen atoms in total. The molecule has 0 fully saturated rings. The molecule has 0 spiro atoms. The average molecular weight is 328 g/mol. The molecule has 2 N–H and O–H groups in total. The van der Waals surface area contributed by atoms with E-state index in [4.69, 9.17) is 0 Å². The first-order chi connectivity index (χ1) is 11.1. The Morgan fingerprint density at radius 2 is 1.96 bits per heavy atom. The number of hydrogen-bond donors (Lipinski definition) is 2. The van der Waals surface area contributed by atoms with E-state index in [1.54, 1.807) is 41.8 Å². The molecule has 1 aromatic carbocycles. The van der Waals surface area contributed by atoms with Crippen molar-refractivity contribution < 1.29 is 9.59 Å². The number of nitrogens with one attached hydrogen (secondary N) is 2. The van der Waals surface area contributed by atoms with Crippen LogP contribution in [0.15, 0.2) is 52.8 Å². The number of amides is 2. The highest BCUT2D eigenvalue weighted by Crippen LogP contribution is 2.08. The Bertz CT molecular complexity index is 918. The fraction of sp³-hybridized carbons (Fsp3) is 0.0667. The molecule has 0 radical (unpaired) electrons. The van der Waals surface area contributed by atoms with Crippen molar-refractivity contribution in [2.24, 2.45) is 0 Å². The first-order valence-electron chi connectivity index (χ1n) is 6.73. The summed E-state index contributed by atoms with van der Waals surface area (Å²) in [4.78, 5) is 35.9. The Hall–Kier alpha value is -3.00. The van der Waals surface area contributed by atoms with Crippen LogP contribution in [-0.2, 0) is 11.3 Å². The van der Waals surface area contributed by atoms with Gasteiger partial charge in [0.05, 0.1) is 16.6 Å². The summed E-state index contributed by atoms with van der Waals surface area (Å²) in [5.41, 5.74) is 5.01. The Morgan fingerprint density at radius 3 is 2.74 bits per heavy atom. The molecule has 2 heterocycles. The maximum Gasteiger partial charge on any atom is 0.279 e. The van der Waals surface area contributed by atoms with E-state index >= 15 is 0 Å². The maximum absolute atomic E-state index is 12.0. The Kier molecular flexibility index (Phi) is 4.15. The minimum Gasteiger partial charge on any atom is -0.287 e. The Balaban J connectivity index is 1.70. The van der Waals surface area contributed by atoms with Crippen molar-refractivity contribution >= 4 is 34.1 Å². The van der Waals surface area contributed by atoms with Crippen LogP contribution in [0.1, 0.15) is 9.67 Å². The van der Waals surface area contributed by atoms with Crippen LogP contribution in [-0.4, -0.2) is 21.6 Å². The van der Waals surface area contributed by atoms with E-state index in [1.165, 1.54) is 22.2 Å². The van der Waals surface area contributed by atoms with Crippen LogP contribution in [0.4, 0.5) is 0 Å². The van der Waals surface area contributed by atoms with Crippen molar-refractivity contribution in [1.82, 2.24) is 20.6 Å². The van der Waals surface area contributed by atoms with Gasteiger partial charge in [0.1, 0.15) is 6.54 Å². The van der Waals surface area contributed by atoms with Crippen LogP contribution in [0.25, 0.3) is 10.9 Å². The van der Waals surface area contributed by atoms with Gasteiger partial charge >= 0.3 is 0 Å². The molecule has 0 aliphatic heterocycles. The SMILES string of the molecule is O=C(Cn1ncc(=O)c2ccccc21)NNC(=O)c1cccs1. The van der Waals surface area contributed by atoms with Gasteiger partial charge in [0.15, 0.2) is 0 Å². The monoisotopic (exact) mass is 328 g/mol. The lowest BCUT2D eigenvalue weighted by Crippen LogP contribution is -2.43. The first kappa shape index (κ1) is 14.9. The third-order valence-electron chi connectivity index (χ3n) is 3.12. The number of thiophene rings is 1. The van der Waals surface area contributed by atoms with Crippen LogP contribution < -0.4 is 16.3 Å². The van der Waals surface area contributed by atoms with Gasteiger partial charge in [-0.15, -0.1) is 11.3 Å². The number of carbonyl (C=O) groups excluding carboxylic acids is 2. The summed E-state index contributed by atoms with van der Waals surface area (Å²) in [5, 5.41) is 6.21. The number of rotatable bonds is 3. The summed E-state index contributed by atoms with van der Waals surface area (Å²) in [6.45, 7) is -0.120. The van der Waals surface area contributed by atoms with Gasteiger partial charge in [0, 0.05) is 5.39 Å². The Morgan fingerprint density at radius 1 is 1.13 bits per heavy atom. The number of para-hydroxylation sites is 1. The molecule has 0 aliphatic rings. The van der Waals surface area contributed by atoms with Crippen molar-refractivity contribution in [2.75, 3.05) is 0 Å². The maximum atomic E-state index is 12.0. The zero-order valence-electron chi connectivity index (χ0n) is 11.9. The van der Waals surface area contributed by atoms with E-state index in [-0.39, 0.29) is 17.9 Å². The van der Waals surface area contributed by atoms with E-state index in [0.717, 1.165) is 0 Å². The standard InChI is InChI=1S/C15H12N4O3S/c20-12-8-16-19(11-5-2-1-4-10(11)12)9-14(21)17-18-15(22)13-6-3-7-23-13/h1-8H,9H2,(H,17,21)(H,18,22). The lowest BCUT2D eigenvalue weighted by molar-refractivity contribution is -0.122. The second-order valence-corrected chi connectivity index (χ2v) is 5.61. The molecule has 8 heteroatoms. The third kappa shape index (κ3) is 3.27. The van der Waals surface area contributed by atoms with Crippen LogP contribution in [0, 0.1) is 0 Å². The number of benzene rings is 1. The summed E-state index contributed by atoms with van der Waals surface area (Å²) in [6, 6.07) is 10.3. The molecule has 0 saturated carbocycles. The highest BCUT2D eigenvalue weighted by molar-refractivity contribution is 7.12. The number of hydrazine groups is 1. The van der Waals surface area contributed by atoms with Crippen molar-refractivity contribution in [3.05, 3.63) is 63.1 Å². The predicted molar refractivity (Wildman–Crippen MR) is 85.9 cm³/mol. The van der Waals surface area contributed by atoms with Crippen LogP contribution in [0.2, 0.25) is 0 Å². The van der Waals surface area contributed by atoms with E-state index in [1.807, 2.05) is 0 Å². The zero-order valence-corrected chi connectivity index (χ0v) is 12.7. The highest BCUT2D eigenvalue weighted by atomic mass is 32.1. The zero-order chi connectivity index (χ0) is 16.2. The van der Waals surface area contributed by atoms with Gasteiger partial charge in [-0.3, -0.25) is 29.9 Å². The molecule has 3 rings (SSSR count). The molecule has 0 bridgehead atoms. The second-order valence-electron chi connectivity index (χ2n) is 4.66. The summed E-state index contributed by atoms with van der Waals surface area (Å²) in [7, 11) is 0. The highest BCUT2D eigenvalue weighted by Gasteiger charge is 2.10. The van der Waals surface area contributed by atoms with Crippen LogP contribution in [0.5, 0.6) is 0 Å². The predicted octanol–water partition coefficient (Wildman–Crippen LogP) is 0.919. The summed E-state index contributed by atoms with van der Waals surface area (Å²) in [5.74, 6) is -0.831. The number of aromatic nitrogens is 2. The molecule has 23 heavy (non-hydrogen) atoms. The lowest BCUT2D eigenvalue weighted by atomic mass is 10.2. The molecule has 0 unspecified atom stereocenters. The van der Waals surface area contributed by atoms with E-state index < -0.39 is 5.91 Å². The third-order valence-corrected chi connectivity index (χ3v) is 3.98. The minimum atomic E-state index is -0.448. The van der Waals surface area contributed by atoms with E-state index in [0.29, 0.717) is 15.8 Å². The van der Waals surface area contributed by atoms with Gasteiger partial charge in [-0.05, 0) is 23.6 Å². The topological polar surface area (TPSA) is 93.1 Å².